The number of ether oxygens (including phenoxy) is 3. The number of ketones is 2. The van der Waals surface area contributed by atoms with Gasteiger partial charge in [-0.2, -0.15) is 0 Å². The van der Waals surface area contributed by atoms with Gasteiger partial charge in [0.25, 0.3) is 11.7 Å². The second kappa shape index (κ2) is 21.2. The number of nitrogens with zero attached hydrogens (tertiary/aromatic N) is 1. The Morgan fingerprint density at radius 1 is 0.912 bits per heavy atom. The number of amides is 1. The van der Waals surface area contributed by atoms with E-state index < -0.39 is 65.7 Å². The normalized spacial score (nSPS) is 41.1. The summed E-state index contributed by atoms with van der Waals surface area (Å²) in [5.41, 5.74) is 1.79. The topological polar surface area (TPSA) is 160 Å². The molecular weight excluding hydrogens is 727 g/mol. The predicted molar refractivity (Wildman–Crippen MR) is 219 cm³/mol. The molecule has 324 valence electrons. The molecule has 57 heavy (non-hydrogen) atoms. The van der Waals surface area contributed by atoms with Crippen LogP contribution in [0.4, 0.5) is 0 Å². The minimum atomic E-state index is -2.34. The quantitative estimate of drug-likeness (QED) is 0.141. The fourth-order valence-electron chi connectivity index (χ4n) is 10.3. The lowest BCUT2D eigenvalue weighted by atomic mass is 9.73. The molecule has 11 nitrogen and oxygen atoms in total. The monoisotopic (exact) mass is 802 g/mol. The van der Waals surface area contributed by atoms with Gasteiger partial charge in [0.1, 0.15) is 17.9 Å². The number of hydrogen-bond donors (Lipinski definition) is 3. The van der Waals surface area contributed by atoms with Gasteiger partial charge in [-0.25, -0.2) is 4.79 Å². The van der Waals surface area contributed by atoms with E-state index >= 15 is 0 Å². The van der Waals surface area contributed by atoms with Crippen molar-refractivity contribution in [1.29, 1.82) is 0 Å². The zero-order valence-corrected chi connectivity index (χ0v) is 36.4. The van der Waals surface area contributed by atoms with Crippen molar-refractivity contribution in [3.63, 3.8) is 0 Å². The maximum Gasteiger partial charge on any atom is 0.329 e. The molecule has 1 unspecified atom stereocenters. The highest BCUT2D eigenvalue weighted by atomic mass is 16.6. The standard InChI is InChI=1S/C46H75NO10/c1-10-31-20-27(5)21-33(11-2)39(50)26-38(49)30(8)41(28(6)22-32-17-18-37(48)40(25-32)55-9)56-45(53)36-16-14-15-19-47(36)44(52)43(51)46(54)29(7)23-34(12-3)42(57-46)35(13-4)24-31/h21-22,29-38,40-42,48-49,54H,10-20,23-26H2,1-9H3/b27-21+,28-22+/t29-,30-,31+,32+,33-,34+,35+,36?,37-,38+,40-,41-,42+,46-/m1/s1. The molecule has 0 radical (unpaired) electrons. The van der Waals surface area contributed by atoms with Crippen LogP contribution in [0.25, 0.3) is 0 Å². The highest BCUT2D eigenvalue weighted by Gasteiger charge is 2.55. The Kier molecular flexibility index (Phi) is 17.6. The molecule has 2 bridgehead atoms. The maximum absolute atomic E-state index is 14.3. The zero-order valence-electron chi connectivity index (χ0n) is 36.4. The summed E-state index contributed by atoms with van der Waals surface area (Å²) >= 11 is 0. The van der Waals surface area contributed by atoms with Gasteiger partial charge in [0, 0.05) is 37.8 Å². The largest absolute Gasteiger partial charge is 0.456 e. The molecule has 11 heteroatoms. The number of carbonyl (C=O) groups excluding carboxylic acids is 4. The maximum atomic E-state index is 14.3. The van der Waals surface area contributed by atoms with Gasteiger partial charge in [-0.05, 0) is 107 Å². The molecule has 1 amide bonds. The lowest BCUT2D eigenvalue weighted by molar-refractivity contribution is -0.285. The Hall–Kier alpha value is -2.44. The van der Waals surface area contributed by atoms with Crippen LogP contribution in [-0.4, -0.2) is 99.7 Å². The van der Waals surface area contributed by atoms with Crippen molar-refractivity contribution in [2.45, 2.75) is 188 Å². The number of carbonyl (C=O) groups is 4. The molecular formula is C46H75NO10. The number of cyclic esters (lactones) is 1. The Morgan fingerprint density at radius 2 is 1.60 bits per heavy atom. The smallest absolute Gasteiger partial charge is 0.329 e. The first-order chi connectivity index (χ1) is 27.0. The molecule has 14 atom stereocenters. The highest BCUT2D eigenvalue weighted by Crippen LogP contribution is 2.44. The van der Waals surface area contributed by atoms with Crippen molar-refractivity contribution < 1.29 is 48.7 Å². The first-order valence-electron chi connectivity index (χ1n) is 22.3. The average Bonchev–Trinajstić information content (AvgIpc) is 3.20. The predicted octanol–water partition coefficient (Wildman–Crippen LogP) is 6.89. The Labute approximate surface area is 342 Å². The van der Waals surface area contributed by atoms with Crippen LogP contribution in [0, 0.1) is 41.4 Å². The van der Waals surface area contributed by atoms with Crippen molar-refractivity contribution in [3.8, 4) is 0 Å². The third-order valence-corrected chi connectivity index (χ3v) is 14.1. The minimum Gasteiger partial charge on any atom is -0.456 e. The van der Waals surface area contributed by atoms with E-state index in [-0.39, 0.29) is 60.9 Å². The average molecular weight is 802 g/mol. The highest BCUT2D eigenvalue weighted by molar-refractivity contribution is 6.39. The van der Waals surface area contributed by atoms with E-state index in [1.807, 2.05) is 26.0 Å². The molecule has 0 spiro atoms. The molecule has 1 aliphatic carbocycles. The van der Waals surface area contributed by atoms with Crippen molar-refractivity contribution >= 4 is 23.4 Å². The number of esters is 1. The van der Waals surface area contributed by atoms with Crippen LogP contribution in [-0.2, 0) is 33.4 Å². The van der Waals surface area contributed by atoms with Gasteiger partial charge in [-0.1, -0.05) is 78.5 Å². The second-order valence-corrected chi connectivity index (χ2v) is 18.1. The van der Waals surface area contributed by atoms with Crippen LogP contribution in [0.15, 0.2) is 23.3 Å². The van der Waals surface area contributed by atoms with Crippen molar-refractivity contribution in [2.75, 3.05) is 13.7 Å². The summed E-state index contributed by atoms with van der Waals surface area (Å²) in [6, 6.07) is -1.08. The molecule has 1 saturated carbocycles. The van der Waals surface area contributed by atoms with Crippen molar-refractivity contribution in [3.05, 3.63) is 23.3 Å². The number of rotatable bonds is 7. The van der Waals surface area contributed by atoms with Crippen LogP contribution in [0.2, 0.25) is 0 Å². The van der Waals surface area contributed by atoms with E-state index in [1.54, 1.807) is 21.0 Å². The lowest BCUT2D eigenvalue weighted by Gasteiger charge is -2.48. The van der Waals surface area contributed by atoms with Gasteiger partial charge in [0.2, 0.25) is 5.79 Å². The van der Waals surface area contributed by atoms with Gasteiger partial charge >= 0.3 is 5.97 Å². The number of methoxy groups -OCH3 is 1. The fourth-order valence-corrected chi connectivity index (χ4v) is 10.3. The van der Waals surface area contributed by atoms with Gasteiger partial charge < -0.3 is 34.4 Å². The van der Waals surface area contributed by atoms with Crippen LogP contribution in [0.1, 0.15) is 145 Å². The molecule has 2 saturated heterocycles. The molecule has 4 aliphatic rings. The number of piperidine rings is 1. The van der Waals surface area contributed by atoms with Crippen LogP contribution in [0.3, 0.4) is 0 Å². The van der Waals surface area contributed by atoms with E-state index in [2.05, 4.69) is 27.7 Å². The number of Topliss-reactive ketones (excluding diaryl/α,β-unsaturated/α-hetero) is 2. The Morgan fingerprint density at radius 3 is 2.23 bits per heavy atom. The third kappa shape index (κ3) is 11.2. The summed E-state index contributed by atoms with van der Waals surface area (Å²) in [5, 5.41) is 34.3. The first-order valence-corrected chi connectivity index (χ1v) is 22.3. The number of aliphatic hydroxyl groups excluding tert-OH is 2. The molecule has 0 aromatic carbocycles. The molecule has 3 fully saturated rings. The molecule has 3 N–H and O–H groups in total. The summed E-state index contributed by atoms with van der Waals surface area (Å²) in [6.45, 7) is 15.9. The van der Waals surface area contributed by atoms with Gasteiger partial charge in [-0.3, -0.25) is 14.4 Å². The van der Waals surface area contributed by atoms with Crippen LogP contribution in [0.5, 0.6) is 0 Å². The van der Waals surface area contributed by atoms with Crippen molar-refractivity contribution in [1.82, 2.24) is 4.90 Å². The second-order valence-electron chi connectivity index (χ2n) is 18.1. The number of allylic oxidation sites excluding steroid dienone is 3. The summed E-state index contributed by atoms with van der Waals surface area (Å²) < 4.78 is 18.4. The van der Waals surface area contributed by atoms with E-state index in [4.69, 9.17) is 14.2 Å². The lowest BCUT2D eigenvalue weighted by Crippen LogP contribution is -2.62. The molecule has 0 aromatic heterocycles. The first kappa shape index (κ1) is 47.2. The summed E-state index contributed by atoms with van der Waals surface area (Å²) in [6.07, 6.45) is 8.98. The van der Waals surface area contributed by atoms with Gasteiger partial charge in [-0.15, -0.1) is 0 Å². The number of hydrogen-bond acceptors (Lipinski definition) is 10. The minimum absolute atomic E-state index is 0.0183. The van der Waals surface area contributed by atoms with Crippen LogP contribution < -0.4 is 0 Å². The Balaban J connectivity index is 1.78. The molecule has 3 heterocycles. The van der Waals surface area contributed by atoms with E-state index in [9.17, 15) is 34.5 Å². The summed E-state index contributed by atoms with van der Waals surface area (Å²) in [5.74, 6) is -6.43. The number of fused-ring (bicyclic) bond motifs is 3. The molecule has 3 aliphatic heterocycles. The summed E-state index contributed by atoms with van der Waals surface area (Å²) in [7, 11) is 1.58. The Bertz CT molecular complexity index is 1440. The summed E-state index contributed by atoms with van der Waals surface area (Å²) in [4.78, 5) is 58.1. The zero-order chi connectivity index (χ0) is 42.2. The number of aliphatic hydroxyl groups is 3. The van der Waals surface area contributed by atoms with E-state index in [0.29, 0.717) is 50.5 Å². The fraction of sp³-hybridized carbons (Fsp3) is 0.826. The molecule has 0 aromatic rings. The van der Waals surface area contributed by atoms with Gasteiger partial charge in [0.15, 0.2) is 0 Å². The third-order valence-electron chi connectivity index (χ3n) is 14.1. The van der Waals surface area contributed by atoms with Crippen molar-refractivity contribution in [2.24, 2.45) is 41.4 Å². The SMILES string of the molecule is CC[C@H]1C/C(C)=C/[C@@H](CC)C(=O)C[C@H](O)[C@@H](C)[C@@H](/C(C)=C/[C@@H]2CC[C@@H](O)[C@H](OC)C2)OC(=O)C2CCCCN2C(=O)C(=O)[C@]2(O)O[C@H]([C@@H](CC)C1)[C@@H](CC)C[C@H]2C. The van der Waals surface area contributed by atoms with Crippen LogP contribution >= 0.6 is 0 Å². The molecule has 4 rings (SSSR count). The van der Waals surface area contributed by atoms with E-state index in [0.717, 1.165) is 37.7 Å². The van der Waals surface area contributed by atoms with E-state index in [1.165, 1.54) is 4.90 Å². The van der Waals surface area contributed by atoms with Gasteiger partial charge in [0.05, 0.1) is 24.4 Å².